The number of alkyl halides is 35. The maximum atomic E-state index is 4.02. The fourth-order valence-corrected chi connectivity index (χ4v) is 37.7. The van der Waals surface area contributed by atoms with E-state index in [1.54, 1.807) is 0 Å². The number of halogens is 35. The fourth-order valence-electron chi connectivity index (χ4n) is 2.89. The minimum Gasteiger partial charge on any atom is -0.0739 e. The molecule has 0 aromatic carbocycles. The Labute approximate surface area is 596 Å². The van der Waals surface area contributed by atoms with Crippen LogP contribution in [0.1, 0.15) is 0 Å². The summed E-state index contributed by atoms with van der Waals surface area (Å²) in [6.45, 7) is 0. The van der Waals surface area contributed by atoms with E-state index in [0.717, 1.165) is 0 Å². The van der Waals surface area contributed by atoms with Gasteiger partial charge in [-0.3, -0.25) is 0 Å². The van der Waals surface area contributed by atoms with Crippen molar-refractivity contribution >= 4 is 558 Å². The Balaban J connectivity index is 7.74. The fraction of sp³-hybridized carbons (Fsp3) is 1.00. The summed E-state index contributed by atoms with van der Waals surface area (Å²) in [6.07, 6.45) is 0. The third-order valence-electron chi connectivity index (χ3n) is 6.18. The number of hydrogen-bond donors (Lipinski definition) is 0. The lowest BCUT2D eigenvalue weighted by Gasteiger charge is -2.62. The van der Waals surface area contributed by atoms with Crippen LogP contribution in [0, 0.1) is 0 Å². The predicted molar refractivity (Wildman–Crippen MR) is 360 cm³/mol. The van der Waals surface area contributed by atoms with Gasteiger partial charge in [0, 0.05) is 0 Å². The first-order valence-electron chi connectivity index (χ1n) is 10.7. The van der Waals surface area contributed by atoms with E-state index in [-0.39, 0.29) is 3.74 Å². The third-order valence-corrected chi connectivity index (χ3v) is 80.3. The van der Waals surface area contributed by atoms with Crippen molar-refractivity contribution in [3.8, 4) is 0 Å². The zero-order valence-corrected chi connectivity index (χ0v) is 77.3. The Morgan fingerprint density at radius 3 is 0.404 bits per heavy atom. The van der Waals surface area contributed by atoms with Crippen molar-refractivity contribution in [2.75, 3.05) is 0 Å². The van der Waals surface area contributed by atoms with Crippen LogP contribution >= 0.6 is 558 Å². The molecule has 0 unspecified atom stereocenters. The first kappa shape index (κ1) is 68.8. The minimum atomic E-state index is -1.31. The lowest BCUT2D eigenvalue weighted by molar-refractivity contribution is 0.524. The van der Waals surface area contributed by atoms with Crippen molar-refractivity contribution in [3.05, 3.63) is 0 Å². The maximum absolute atomic E-state index is 4.02. The Kier molecular flexibility index (Phi) is 29.9. The molecule has 0 aromatic rings. The van der Waals surface area contributed by atoms with Crippen molar-refractivity contribution in [1.82, 2.24) is 0 Å². The van der Waals surface area contributed by atoms with Gasteiger partial charge in [-0.05, 0) is 0 Å². The van der Waals surface area contributed by atoms with Gasteiger partial charge in [0.1, 0.15) is 48.5 Å². The van der Waals surface area contributed by atoms with Crippen molar-refractivity contribution < 1.29 is 0 Å². The summed E-state index contributed by atoms with van der Waals surface area (Å²) in [4.78, 5) is 0. The van der Waals surface area contributed by atoms with Crippen molar-refractivity contribution in [1.29, 1.82) is 0 Å². The highest BCUT2D eigenvalue weighted by atomic mass is 80.0. The Bertz CT molecular complexity index is 1290. The zero-order valence-electron chi connectivity index (χ0n) is 21.8. The van der Waals surface area contributed by atoms with Crippen molar-refractivity contribution in [2.45, 2.75) is 54.4 Å². The topological polar surface area (TPSA) is 0 Å². The average molecular weight is 3000 g/mol. The van der Waals surface area contributed by atoms with Gasteiger partial charge in [-0.2, -0.15) is 0 Å². The molecule has 0 saturated heterocycles. The van der Waals surface area contributed by atoms with E-state index >= 15 is 0 Å². The maximum Gasteiger partial charge on any atom is 0.162 e. The van der Waals surface area contributed by atoms with Crippen LogP contribution in [0.2, 0.25) is 0 Å². The average Bonchev–Trinajstić information content (AvgIpc) is 2.90. The molecule has 0 aliphatic carbocycles. The molecule has 0 bridgehead atoms. The molecular formula is C17HBr35. The summed E-state index contributed by atoms with van der Waals surface area (Å²) < 4.78 is -19.1. The summed E-state index contributed by atoms with van der Waals surface area (Å²) in [5.41, 5.74) is 0. The van der Waals surface area contributed by atoms with Gasteiger partial charge in [-0.15, -0.1) is 0 Å². The highest BCUT2D eigenvalue weighted by Gasteiger charge is 2.83. The van der Waals surface area contributed by atoms with Crippen LogP contribution in [-0.4, -0.2) is 54.4 Å². The Hall–Kier alpha value is 16.8. The van der Waals surface area contributed by atoms with Crippen LogP contribution in [0.5, 0.6) is 0 Å². The van der Waals surface area contributed by atoms with E-state index in [4.69, 9.17) is 0 Å². The molecule has 35 heteroatoms. The second-order valence-electron chi connectivity index (χ2n) is 9.46. The predicted octanol–water partition coefficient (Wildman–Crippen LogP) is 26.2. The molecule has 0 atom stereocenters. The third kappa shape index (κ3) is 11.6. The normalized spacial score (nSPS) is 17.3. The molecule has 0 amide bonds. The van der Waals surface area contributed by atoms with Gasteiger partial charge in [0.05, 0.1) is 3.74 Å². The van der Waals surface area contributed by atoms with E-state index in [2.05, 4.69) is 558 Å². The molecule has 0 fully saturated rings. The Morgan fingerprint density at radius 1 is 0.173 bits per heavy atom. The second-order valence-corrected chi connectivity index (χ2v) is 71.1. The van der Waals surface area contributed by atoms with Crippen molar-refractivity contribution in [3.63, 3.8) is 0 Å². The molecule has 0 N–H and O–H groups in total. The molecule has 0 aliphatic rings. The summed E-state index contributed by atoms with van der Waals surface area (Å²) in [6, 6.07) is 0. The highest BCUT2D eigenvalue weighted by molar-refractivity contribution is 9.43. The van der Waals surface area contributed by atoms with Crippen LogP contribution in [0.4, 0.5) is 0 Å². The summed E-state index contributed by atoms with van der Waals surface area (Å²) in [7, 11) is 0. The SMILES string of the molecule is BrC(Br)C(Br)(Br)C(Br)(Br)C(Br)(Br)C(Br)(Br)C(Br)(Br)C(Br)(Br)C(Br)(Br)C(Br)(Br)C(Br)(Br)C(Br)(Br)C(Br)(Br)C(Br)(Br)C(Br)(Br)C(Br)(Br)C(Br)(Br)C(Br)(Br)Br. The zero-order chi connectivity index (χ0) is 43.6. The van der Waals surface area contributed by atoms with E-state index in [1.807, 2.05) is 0 Å². The van der Waals surface area contributed by atoms with Crippen LogP contribution in [0.25, 0.3) is 0 Å². The molecule has 0 aromatic heterocycles. The second kappa shape index (κ2) is 22.6. The molecule has 0 radical (unpaired) electrons. The molecular weight excluding hydrogens is 3000 g/mol. The lowest BCUT2D eigenvalue weighted by atomic mass is 10.0. The van der Waals surface area contributed by atoms with Gasteiger partial charge in [-0.1, -0.05) is 558 Å². The largest absolute Gasteiger partial charge is 0.162 e. The molecule has 0 nitrogen and oxygen atoms in total. The van der Waals surface area contributed by atoms with Gasteiger partial charge in [0.15, 0.2) is 2.14 Å². The molecule has 52 heavy (non-hydrogen) atoms. The Morgan fingerprint density at radius 2 is 0.288 bits per heavy atom. The number of rotatable bonds is 15. The van der Waals surface area contributed by atoms with Crippen molar-refractivity contribution in [2.24, 2.45) is 0 Å². The summed E-state index contributed by atoms with van der Waals surface area (Å²) in [5, 5.41) is 0. The molecule has 0 spiro atoms. The number of hydrogen-bond acceptors (Lipinski definition) is 0. The molecule has 0 heterocycles. The summed E-state index contributed by atoms with van der Waals surface area (Å²) >= 11 is 137. The molecule has 314 valence electrons. The van der Waals surface area contributed by atoms with Gasteiger partial charge >= 0.3 is 0 Å². The van der Waals surface area contributed by atoms with Gasteiger partial charge in [0.2, 0.25) is 0 Å². The lowest BCUT2D eigenvalue weighted by Crippen LogP contribution is -2.73. The van der Waals surface area contributed by atoms with Crippen LogP contribution < -0.4 is 0 Å². The van der Waals surface area contributed by atoms with Gasteiger partial charge in [0.25, 0.3) is 0 Å². The van der Waals surface area contributed by atoms with E-state index in [1.165, 1.54) is 0 Å². The van der Waals surface area contributed by atoms with Gasteiger partial charge < -0.3 is 0 Å². The quantitative estimate of drug-likeness (QED) is 0.143. The smallest absolute Gasteiger partial charge is 0.0739 e. The first-order valence-corrected chi connectivity index (χ1v) is 38.7. The molecule has 0 aliphatic heterocycles. The molecule has 0 rings (SSSR count). The highest BCUT2D eigenvalue weighted by Crippen LogP contribution is 2.83. The summed E-state index contributed by atoms with van der Waals surface area (Å²) in [5.74, 6) is 0. The standard InChI is InChI=1S/C17HBr35/c18-1(19)2(20,21)3(22,23)4(24,25)5(26,27)6(28,29)7(30,31)8(32,33)9(34,35)10(36,37)11(38,39)12(40,41)13(42,43)14(44,45)15(46,47)16(48,49)17(50,51)52/h1H. The van der Waals surface area contributed by atoms with Gasteiger partial charge in [-0.25, -0.2) is 0 Å². The van der Waals surface area contributed by atoms with Crippen LogP contribution in [-0.2, 0) is 0 Å². The van der Waals surface area contributed by atoms with E-state index < -0.39 is 50.6 Å². The van der Waals surface area contributed by atoms with Crippen LogP contribution in [0.3, 0.4) is 0 Å². The van der Waals surface area contributed by atoms with Crippen LogP contribution in [0.15, 0.2) is 0 Å². The molecule has 0 saturated carbocycles. The minimum absolute atomic E-state index is 0.296. The monoisotopic (exact) mass is 2970 g/mol. The van der Waals surface area contributed by atoms with E-state index in [0.29, 0.717) is 0 Å². The first-order chi connectivity index (χ1) is 21.7. The van der Waals surface area contributed by atoms with E-state index in [9.17, 15) is 0 Å².